The summed E-state index contributed by atoms with van der Waals surface area (Å²) in [6.07, 6.45) is 1.48. The summed E-state index contributed by atoms with van der Waals surface area (Å²) in [6.45, 7) is 4.59. The number of aromatic nitrogens is 4. The standard InChI is InChI=1S/C31H35BrN6O5/c1-20(39)35-15-12-26-25(18-35)30(21-6-8-22(32)9-7-21)33-37(26)17-24(40)16-34-13-10-23(11-14-34)38-28-5-3-2-4-27(28)36(31(38)43)19-29(41)42/h2-9,23-24,40H,10-19H2,1H3,(H,41,42). The maximum atomic E-state index is 13.3. The van der Waals surface area contributed by atoms with Crippen molar-refractivity contribution in [3.8, 4) is 11.3 Å². The molecule has 0 spiro atoms. The lowest BCUT2D eigenvalue weighted by Crippen LogP contribution is -2.42. The molecule has 12 heteroatoms. The van der Waals surface area contributed by atoms with Gasteiger partial charge < -0.3 is 20.0 Å². The third-order valence-corrected chi connectivity index (χ3v) is 9.16. The number of imidazole rings is 1. The van der Waals surface area contributed by atoms with E-state index in [0.717, 1.165) is 45.3 Å². The Balaban J connectivity index is 1.15. The largest absolute Gasteiger partial charge is 0.480 e. The predicted molar refractivity (Wildman–Crippen MR) is 165 cm³/mol. The molecule has 1 atom stereocenters. The maximum absolute atomic E-state index is 13.3. The summed E-state index contributed by atoms with van der Waals surface area (Å²) >= 11 is 3.49. The SMILES string of the molecule is CC(=O)N1CCc2c(c(-c3ccc(Br)cc3)nn2CC(O)CN2CCC(n3c(=O)n(CC(=O)O)c4ccccc43)CC2)C1. The number of halogens is 1. The van der Waals surface area contributed by atoms with E-state index in [9.17, 15) is 24.6 Å². The average Bonchev–Trinajstić information content (AvgIpc) is 3.47. The van der Waals surface area contributed by atoms with E-state index in [2.05, 4.69) is 20.8 Å². The lowest BCUT2D eigenvalue weighted by Gasteiger charge is -2.33. The van der Waals surface area contributed by atoms with Crippen molar-refractivity contribution >= 4 is 38.8 Å². The number of carboxylic acids is 1. The first-order valence-electron chi connectivity index (χ1n) is 14.6. The molecule has 1 unspecified atom stereocenters. The maximum Gasteiger partial charge on any atom is 0.329 e. The zero-order chi connectivity index (χ0) is 30.2. The molecule has 2 aromatic heterocycles. The number of fused-ring (bicyclic) bond motifs is 2. The number of aliphatic hydroxyl groups excluding tert-OH is 1. The van der Waals surface area contributed by atoms with Crippen molar-refractivity contribution < 1.29 is 19.8 Å². The molecule has 2 aliphatic heterocycles. The number of aliphatic carboxylic acids is 1. The highest BCUT2D eigenvalue weighted by molar-refractivity contribution is 9.10. The fourth-order valence-corrected chi connectivity index (χ4v) is 6.80. The van der Waals surface area contributed by atoms with Crippen LogP contribution in [0.4, 0.5) is 0 Å². The fraction of sp³-hybridized carbons (Fsp3) is 0.419. The predicted octanol–water partition coefficient (Wildman–Crippen LogP) is 3.12. The average molecular weight is 652 g/mol. The number of carboxylic acid groups (broad SMARTS) is 1. The second kappa shape index (κ2) is 12.1. The summed E-state index contributed by atoms with van der Waals surface area (Å²) in [5, 5.41) is 25.5. The number of likely N-dealkylation sites (tertiary alicyclic amines) is 1. The van der Waals surface area contributed by atoms with Crippen LogP contribution in [0.1, 0.15) is 37.1 Å². The number of aliphatic hydroxyl groups is 1. The topological polar surface area (TPSA) is 126 Å². The van der Waals surface area contributed by atoms with Crippen molar-refractivity contribution in [3.05, 3.63) is 74.7 Å². The molecule has 226 valence electrons. The number of piperidine rings is 1. The Bertz CT molecular complexity index is 1720. The molecule has 11 nitrogen and oxygen atoms in total. The van der Waals surface area contributed by atoms with Gasteiger partial charge in [-0.2, -0.15) is 5.10 Å². The quantitative estimate of drug-likeness (QED) is 0.300. The van der Waals surface area contributed by atoms with Crippen molar-refractivity contribution in [2.24, 2.45) is 0 Å². The molecule has 1 amide bonds. The van der Waals surface area contributed by atoms with Crippen molar-refractivity contribution in [2.45, 2.75) is 58.0 Å². The number of β-amino-alcohol motifs (C(OH)–C–C–N with tert-alkyl or cyclic N) is 1. The molecule has 2 aromatic carbocycles. The third-order valence-electron chi connectivity index (χ3n) is 8.63. The van der Waals surface area contributed by atoms with Gasteiger partial charge in [-0.3, -0.25) is 23.4 Å². The fourth-order valence-electron chi connectivity index (χ4n) is 6.54. The summed E-state index contributed by atoms with van der Waals surface area (Å²) < 4.78 is 5.97. The number of benzene rings is 2. The Labute approximate surface area is 257 Å². The van der Waals surface area contributed by atoms with E-state index in [1.165, 1.54) is 4.57 Å². The highest BCUT2D eigenvalue weighted by Gasteiger charge is 2.29. The van der Waals surface area contributed by atoms with Gasteiger partial charge >= 0.3 is 11.7 Å². The van der Waals surface area contributed by atoms with Crippen LogP contribution in [0, 0.1) is 0 Å². The number of hydrogen-bond donors (Lipinski definition) is 2. The lowest BCUT2D eigenvalue weighted by atomic mass is 10.0. The Hall–Kier alpha value is -3.74. The summed E-state index contributed by atoms with van der Waals surface area (Å²) in [6, 6.07) is 15.3. The number of rotatable bonds is 8. The molecule has 6 rings (SSSR count). The number of amides is 1. The molecule has 2 aliphatic rings. The minimum absolute atomic E-state index is 0.0392. The Morgan fingerprint density at radius 1 is 1.02 bits per heavy atom. The van der Waals surface area contributed by atoms with Crippen LogP contribution < -0.4 is 5.69 Å². The second-order valence-electron chi connectivity index (χ2n) is 11.5. The van der Waals surface area contributed by atoms with Crippen molar-refractivity contribution in [1.29, 1.82) is 0 Å². The van der Waals surface area contributed by atoms with E-state index in [-0.39, 0.29) is 24.2 Å². The molecule has 0 bridgehead atoms. The summed E-state index contributed by atoms with van der Waals surface area (Å²) in [5.41, 5.74) is 4.99. The Kier molecular flexibility index (Phi) is 8.25. The van der Waals surface area contributed by atoms with E-state index in [1.54, 1.807) is 17.6 Å². The molecular formula is C31H35BrN6O5. The van der Waals surface area contributed by atoms with Crippen LogP contribution in [-0.2, 0) is 35.6 Å². The number of hydrogen-bond acceptors (Lipinski definition) is 6. The van der Waals surface area contributed by atoms with E-state index < -0.39 is 12.1 Å². The van der Waals surface area contributed by atoms with Crippen molar-refractivity contribution in [2.75, 3.05) is 26.2 Å². The monoisotopic (exact) mass is 650 g/mol. The summed E-state index contributed by atoms with van der Waals surface area (Å²) in [4.78, 5) is 40.9. The zero-order valence-electron chi connectivity index (χ0n) is 24.0. The minimum Gasteiger partial charge on any atom is -0.480 e. The molecule has 43 heavy (non-hydrogen) atoms. The van der Waals surface area contributed by atoms with Gasteiger partial charge in [-0.1, -0.05) is 40.2 Å². The van der Waals surface area contributed by atoms with Crippen LogP contribution >= 0.6 is 15.9 Å². The van der Waals surface area contributed by atoms with Gasteiger partial charge in [0.25, 0.3) is 0 Å². The zero-order valence-corrected chi connectivity index (χ0v) is 25.6. The number of nitrogens with zero attached hydrogens (tertiary/aromatic N) is 6. The lowest BCUT2D eigenvalue weighted by molar-refractivity contribution is -0.137. The van der Waals surface area contributed by atoms with Crippen LogP contribution in [0.25, 0.3) is 22.3 Å². The first-order valence-corrected chi connectivity index (χ1v) is 15.4. The first kappa shape index (κ1) is 29.3. The number of para-hydroxylation sites is 2. The van der Waals surface area contributed by atoms with Crippen LogP contribution in [-0.4, -0.2) is 83.1 Å². The van der Waals surface area contributed by atoms with Crippen LogP contribution in [0.2, 0.25) is 0 Å². The molecule has 2 N–H and O–H groups in total. The van der Waals surface area contributed by atoms with E-state index >= 15 is 0 Å². The molecular weight excluding hydrogens is 616 g/mol. The first-order chi connectivity index (χ1) is 20.7. The Morgan fingerprint density at radius 3 is 2.40 bits per heavy atom. The van der Waals surface area contributed by atoms with Crippen molar-refractivity contribution in [3.63, 3.8) is 0 Å². The van der Waals surface area contributed by atoms with E-state index in [4.69, 9.17) is 5.10 Å². The van der Waals surface area contributed by atoms with Gasteiger partial charge in [0.1, 0.15) is 6.54 Å². The van der Waals surface area contributed by atoms with Crippen LogP contribution in [0.5, 0.6) is 0 Å². The van der Waals surface area contributed by atoms with Gasteiger partial charge in [0, 0.05) is 73.4 Å². The van der Waals surface area contributed by atoms with Gasteiger partial charge in [-0.05, 0) is 37.1 Å². The number of carbonyl (C=O) groups excluding carboxylic acids is 1. The highest BCUT2D eigenvalue weighted by atomic mass is 79.9. The summed E-state index contributed by atoms with van der Waals surface area (Å²) in [7, 11) is 0. The van der Waals surface area contributed by atoms with E-state index in [1.807, 2.05) is 52.0 Å². The van der Waals surface area contributed by atoms with Gasteiger partial charge in [-0.15, -0.1) is 0 Å². The summed E-state index contributed by atoms with van der Waals surface area (Å²) in [5.74, 6) is -1.01. The van der Waals surface area contributed by atoms with Gasteiger partial charge in [-0.25, -0.2) is 4.79 Å². The molecule has 4 heterocycles. The molecule has 1 fully saturated rings. The molecule has 0 aliphatic carbocycles. The third kappa shape index (κ3) is 5.91. The van der Waals surface area contributed by atoms with E-state index in [0.29, 0.717) is 51.2 Å². The minimum atomic E-state index is -1.05. The number of carbonyl (C=O) groups is 2. The van der Waals surface area contributed by atoms with Gasteiger partial charge in [0.15, 0.2) is 0 Å². The highest BCUT2D eigenvalue weighted by Crippen LogP contribution is 2.32. The molecule has 4 aromatic rings. The Morgan fingerprint density at radius 2 is 1.72 bits per heavy atom. The molecule has 1 saturated heterocycles. The van der Waals surface area contributed by atoms with Crippen LogP contribution in [0.15, 0.2) is 57.8 Å². The van der Waals surface area contributed by atoms with Gasteiger partial charge in [0.05, 0.1) is 29.4 Å². The molecule has 0 radical (unpaired) electrons. The molecule has 0 saturated carbocycles. The van der Waals surface area contributed by atoms with Crippen molar-refractivity contribution in [1.82, 2.24) is 28.7 Å². The van der Waals surface area contributed by atoms with Gasteiger partial charge in [0.2, 0.25) is 5.91 Å². The smallest absolute Gasteiger partial charge is 0.329 e. The van der Waals surface area contributed by atoms with Crippen LogP contribution in [0.3, 0.4) is 0 Å². The second-order valence-corrected chi connectivity index (χ2v) is 12.4. The normalized spacial score (nSPS) is 16.9.